The number of aromatic nitrogens is 2. The van der Waals surface area contributed by atoms with Crippen LogP contribution >= 0.6 is 0 Å². The summed E-state index contributed by atoms with van der Waals surface area (Å²) in [6.45, 7) is 2.35. The van der Waals surface area contributed by atoms with Gasteiger partial charge in [-0.1, -0.05) is 12.1 Å². The molecule has 3 aromatic rings. The molecule has 0 atom stereocenters. The number of imidazole rings is 1. The molecule has 8 heteroatoms. The second kappa shape index (κ2) is 6.96. The van der Waals surface area contributed by atoms with Gasteiger partial charge in [0, 0.05) is 31.7 Å². The van der Waals surface area contributed by atoms with Crippen LogP contribution in [0.1, 0.15) is 34.9 Å². The average molecular weight is 410 g/mol. The summed E-state index contributed by atoms with van der Waals surface area (Å²) in [4.78, 5) is 22.7. The summed E-state index contributed by atoms with van der Waals surface area (Å²) >= 11 is 0. The van der Waals surface area contributed by atoms with Gasteiger partial charge in [-0.15, -0.1) is 0 Å². The Morgan fingerprint density at radius 2 is 1.69 bits per heavy atom. The number of para-hydroxylation sites is 2. The molecule has 2 aliphatic rings. The Labute approximate surface area is 169 Å². The lowest BCUT2D eigenvalue weighted by atomic mass is 9.98. The Morgan fingerprint density at radius 3 is 2.38 bits per heavy atom. The fourth-order valence-corrected chi connectivity index (χ4v) is 5.53. The van der Waals surface area contributed by atoms with Crippen molar-refractivity contribution in [1.82, 2.24) is 19.2 Å². The monoisotopic (exact) mass is 410 g/mol. The molecule has 5 rings (SSSR count). The molecule has 0 saturated carbocycles. The molecule has 150 valence electrons. The molecule has 7 nitrogen and oxygen atoms in total. The number of hydrogen-bond donors (Lipinski definition) is 1. The lowest BCUT2D eigenvalue weighted by Gasteiger charge is -2.38. The van der Waals surface area contributed by atoms with Crippen molar-refractivity contribution in [3.63, 3.8) is 0 Å². The number of benzene rings is 2. The number of carbonyl (C=O) groups excluding carboxylic acids is 1. The minimum absolute atomic E-state index is 0.0810. The number of fused-ring (bicyclic) bond motifs is 1. The Morgan fingerprint density at radius 1 is 1.00 bits per heavy atom. The maximum absolute atomic E-state index is 12.7. The number of aromatic amines is 1. The molecule has 0 radical (unpaired) electrons. The minimum atomic E-state index is -3.45. The highest BCUT2D eigenvalue weighted by Crippen LogP contribution is 2.28. The number of likely N-dealkylation sites (tertiary alicyclic amines) is 1. The van der Waals surface area contributed by atoms with Crippen LogP contribution < -0.4 is 0 Å². The summed E-state index contributed by atoms with van der Waals surface area (Å²) in [7, 11) is -3.45. The Balaban J connectivity index is 1.26. The summed E-state index contributed by atoms with van der Waals surface area (Å²) in [5.41, 5.74) is 2.44. The van der Waals surface area contributed by atoms with E-state index >= 15 is 0 Å². The number of carbonyl (C=O) groups is 1. The summed E-state index contributed by atoms with van der Waals surface area (Å²) < 4.78 is 26.7. The van der Waals surface area contributed by atoms with Crippen LogP contribution in [0.5, 0.6) is 0 Å². The van der Waals surface area contributed by atoms with E-state index in [4.69, 9.17) is 0 Å². The van der Waals surface area contributed by atoms with Crippen LogP contribution in [0.15, 0.2) is 53.4 Å². The molecule has 0 spiro atoms. The molecule has 2 aromatic carbocycles. The van der Waals surface area contributed by atoms with Gasteiger partial charge >= 0.3 is 0 Å². The maximum atomic E-state index is 12.7. The number of nitrogens with one attached hydrogen (secondary N) is 1. The van der Waals surface area contributed by atoms with Crippen LogP contribution in [0.3, 0.4) is 0 Å². The van der Waals surface area contributed by atoms with Crippen molar-refractivity contribution in [3.05, 3.63) is 59.9 Å². The molecule has 2 fully saturated rings. The van der Waals surface area contributed by atoms with E-state index in [1.807, 2.05) is 24.3 Å². The molecule has 1 amide bonds. The quantitative estimate of drug-likeness (QED) is 0.716. The van der Waals surface area contributed by atoms with Crippen molar-refractivity contribution in [2.45, 2.75) is 23.7 Å². The van der Waals surface area contributed by atoms with E-state index in [9.17, 15) is 13.2 Å². The average Bonchev–Trinajstić information content (AvgIpc) is 3.37. The predicted molar refractivity (Wildman–Crippen MR) is 109 cm³/mol. The first kappa shape index (κ1) is 18.3. The van der Waals surface area contributed by atoms with Crippen LogP contribution in [0.4, 0.5) is 0 Å². The van der Waals surface area contributed by atoms with Gasteiger partial charge in [-0.2, -0.15) is 4.31 Å². The van der Waals surface area contributed by atoms with E-state index in [-0.39, 0.29) is 16.7 Å². The van der Waals surface area contributed by atoms with Gasteiger partial charge in [0.1, 0.15) is 5.82 Å². The first-order valence-electron chi connectivity index (χ1n) is 9.86. The summed E-state index contributed by atoms with van der Waals surface area (Å²) in [6.07, 6.45) is 1.80. The van der Waals surface area contributed by atoms with Gasteiger partial charge < -0.3 is 9.88 Å². The Kier molecular flexibility index (Phi) is 4.40. The van der Waals surface area contributed by atoms with E-state index in [2.05, 4.69) is 9.97 Å². The van der Waals surface area contributed by atoms with Gasteiger partial charge in [-0.3, -0.25) is 4.79 Å². The molecule has 0 aliphatic carbocycles. The molecular weight excluding hydrogens is 388 g/mol. The summed E-state index contributed by atoms with van der Waals surface area (Å²) in [6, 6.07) is 14.2. The number of sulfonamides is 1. The molecule has 3 heterocycles. The van der Waals surface area contributed by atoms with Gasteiger partial charge in [-0.05, 0) is 49.2 Å². The normalized spacial score (nSPS) is 18.3. The van der Waals surface area contributed by atoms with Crippen molar-refractivity contribution in [2.75, 3.05) is 26.2 Å². The SMILES string of the molecule is O=C(c1ccc(S(=O)(=O)N2CCCC2)cc1)N1CC(c2nc3ccccc3[nH]2)C1. The second-order valence-electron chi connectivity index (χ2n) is 7.68. The van der Waals surface area contributed by atoms with E-state index in [1.165, 1.54) is 16.4 Å². The van der Waals surface area contributed by atoms with Crippen molar-refractivity contribution in [3.8, 4) is 0 Å². The van der Waals surface area contributed by atoms with Crippen LogP contribution in [0.25, 0.3) is 11.0 Å². The molecular formula is C21H22N4O3S. The van der Waals surface area contributed by atoms with E-state index < -0.39 is 10.0 Å². The lowest BCUT2D eigenvalue weighted by molar-refractivity contribution is 0.0595. The zero-order chi connectivity index (χ0) is 20.0. The Hall–Kier alpha value is -2.71. The van der Waals surface area contributed by atoms with Crippen molar-refractivity contribution >= 4 is 27.0 Å². The number of H-pyrrole nitrogens is 1. The van der Waals surface area contributed by atoms with Crippen molar-refractivity contribution in [2.24, 2.45) is 0 Å². The highest BCUT2D eigenvalue weighted by Gasteiger charge is 2.34. The van der Waals surface area contributed by atoms with Crippen LogP contribution in [-0.4, -0.2) is 59.7 Å². The lowest BCUT2D eigenvalue weighted by Crippen LogP contribution is -2.48. The fraction of sp³-hybridized carbons (Fsp3) is 0.333. The standard InChI is InChI=1S/C21H22N4O3S/c26-21(15-7-9-17(10-8-15)29(27,28)25-11-3-4-12-25)24-13-16(14-24)20-22-18-5-1-2-6-19(18)23-20/h1-2,5-10,16H,3-4,11-14H2,(H,22,23). The third kappa shape index (κ3) is 3.22. The molecule has 1 N–H and O–H groups in total. The third-order valence-corrected chi connectivity index (χ3v) is 7.68. The largest absolute Gasteiger partial charge is 0.342 e. The van der Waals surface area contributed by atoms with E-state index in [0.29, 0.717) is 31.7 Å². The molecule has 1 aromatic heterocycles. The van der Waals surface area contributed by atoms with Gasteiger partial charge in [0.15, 0.2) is 0 Å². The molecule has 0 bridgehead atoms. The van der Waals surface area contributed by atoms with Gasteiger partial charge in [-0.25, -0.2) is 13.4 Å². The van der Waals surface area contributed by atoms with Gasteiger partial charge in [0.25, 0.3) is 5.91 Å². The zero-order valence-electron chi connectivity index (χ0n) is 15.9. The number of hydrogen-bond acceptors (Lipinski definition) is 4. The van der Waals surface area contributed by atoms with Crippen molar-refractivity contribution < 1.29 is 13.2 Å². The summed E-state index contributed by atoms with van der Waals surface area (Å²) in [5.74, 6) is 1.02. The van der Waals surface area contributed by atoms with E-state index in [1.54, 1.807) is 17.0 Å². The van der Waals surface area contributed by atoms with E-state index in [0.717, 1.165) is 29.7 Å². The molecule has 2 aliphatic heterocycles. The smallest absolute Gasteiger partial charge is 0.253 e. The maximum Gasteiger partial charge on any atom is 0.253 e. The number of amides is 1. The molecule has 0 unspecified atom stereocenters. The first-order chi connectivity index (χ1) is 14.0. The first-order valence-corrected chi connectivity index (χ1v) is 11.3. The highest BCUT2D eigenvalue weighted by atomic mass is 32.2. The predicted octanol–water partition coefficient (Wildman–Crippen LogP) is 2.59. The topological polar surface area (TPSA) is 86.4 Å². The third-order valence-electron chi connectivity index (χ3n) is 5.77. The Bertz CT molecular complexity index is 1130. The van der Waals surface area contributed by atoms with Crippen LogP contribution in [0, 0.1) is 0 Å². The van der Waals surface area contributed by atoms with Crippen LogP contribution in [0.2, 0.25) is 0 Å². The summed E-state index contributed by atoms with van der Waals surface area (Å²) in [5, 5.41) is 0. The fourth-order valence-electron chi connectivity index (χ4n) is 4.01. The number of nitrogens with zero attached hydrogens (tertiary/aromatic N) is 3. The van der Waals surface area contributed by atoms with Crippen LogP contribution in [-0.2, 0) is 10.0 Å². The molecule has 2 saturated heterocycles. The van der Waals surface area contributed by atoms with Crippen molar-refractivity contribution in [1.29, 1.82) is 0 Å². The van der Waals surface area contributed by atoms with Gasteiger partial charge in [0.05, 0.1) is 21.8 Å². The van der Waals surface area contributed by atoms with Gasteiger partial charge in [0.2, 0.25) is 10.0 Å². The minimum Gasteiger partial charge on any atom is -0.342 e. The highest BCUT2D eigenvalue weighted by molar-refractivity contribution is 7.89. The number of rotatable bonds is 4. The zero-order valence-corrected chi connectivity index (χ0v) is 16.7. The molecule has 29 heavy (non-hydrogen) atoms. The second-order valence-corrected chi connectivity index (χ2v) is 9.62.